The zero-order valence-corrected chi connectivity index (χ0v) is 19.9. The Kier molecular flexibility index (Phi) is 7.72. The predicted molar refractivity (Wildman–Crippen MR) is 123 cm³/mol. The van der Waals surface area contributed by atoms with Gasteiger partial charge in [0, 0.05) is 5.02 Å². The fourth-order valence-corrected chi connectivity index (χ4v) is 3.61. The van der Waals surface area contributed by atoms with E-state index in [2.05, 4.69) is 26.0 Å². The molecule has 1 aliphatic rings. The van der Waals surface area contributed by atoms with Crippen molar-refractivity contribution < 1.29 is 33.4 Å². The molecule has 1 saturated heterocycles. The van der Waals surface area contributed by atoms with Gasteiger partial charge in [0.25, 0.3) is 11.8 Å². The van der Waals surface area contributed by atoms with Gasteiger partial charge in [0.05, 0.1) is 23.9 Å². The maximum absolute atomic E-state index is 13.0. The van der Waals surface area contributed by atoms with E-state index in [0.717, 1.165) is 4.90 Å². The lowest BCUT2D eigenvalue weighted by Gasteiger charge is -2.26. The summed E-state index contributed by atoms with van der Waals surface area (Å²) in [4.78, 5) is 50.1. The fourth-order valence-electron chi connectivity index (χ4n) is 2.91. The predicted octanol–water partition coefficient (Wildman–Crippen LogP) is 3.72. The highest BCUT2D eigenvalue weighted by atomic mass is 79.9. The van der Waals surface area contributed by atoms with Crippen LogP contribution in [0.5, 0.6) is 11.5 Å². The summed E-state index contributed by atoms with van der Waals surface area (Å²) in [6, 6.07) is 8.27. The Labute approximate surface area is 202 Å². The summed E-state index contributed by atoms with van der Waals surface area (Å²) in [5.74, 6) is -1.69. The van der Waals surface area contributed by atoms with Crippen molar-refractivity contribution in [3.8, 4) is 11.5 Å². The number of amides is 4. The molecule has 172 valence electrons. The quantitative estimate of drug-likeness (QED) is 0.325. The van der Waals surface area contributed by atoms with Crippen molar-refractivity contribution in [1.29, 1.82) is 0 Å². The Balaban J connectivity index is 1.98. The van der Waals surface area contributed by atoms with Crippen LogP contribution in [0.25, 0.3) is 6.08 Å². The molecule has 0 aliphatic carbocycles. The highest BCUT2D eigenvalue weighted by molar-refractivity contribution is 9.10. The van der Waals surface area contributed by atoms with Crippen LogP contribution >= 0.6 is 27.5 Å². The summed E-state index contributed by atoms with van der Waals surface area (Å²) in [6.07, 6.45) is 1.32. The van der Waals surface area contributed by atoms with E-state index in [4.69, 9.17) is 21.1 Å². The van der Waals surface area contributed by atoms with Crippen LogP contribution in [0.15, 0.2) is 46.4 Å². The van der Waals surface area contributed by atoms with Crippen molar-refractivity contribution in [2.24, 2.45) is 0 Å². The number of esters is 1. The molecule has 4 amide bonds. The van der Waals surface area contributed by atoms with Gasteiger partial charge in [-0.25, -0.2) is 14.5 Å². The van der Waals surface area contributed by atoms with Crippen LogP contribution in [0.1, 0.15) is 12.5 Å². The number of benzene rings is 2. The molecule has 0 atom stereocenters. The van der Waals surface area contributed by atoms with Gasteiger partial charge < -0.3 is 14.2 Å². The van der Waals surface area contributed by atoms with Crippen LogP contribution < -0.4 is 19.7 Å². The molecule has 2 aromatic carbocycles. The SMILES string of the molecule is CCOc1cc(/C=C2\C(=O)NC(=O)N(c3ccc(Cl)cc3)C2=O)cc(Br)c1OCC(=O)OC. The number of imide groups is 2. The van der Waals surface area contributed by atoms with Gasteiger partial charge in [-0.1, -0.05) is 11.6 Å². The number of urea groups is 1. The first-order valence-electron chi connectivity index (χ1n) is 9.58. The summed E-state index contributed by atoms with van der Waals surface area (Å²) < 4.78 is 16.1. The van der Waals surface area contributed by atoms with Crippen LogP contribution in [0, 0.1) is 0 Å². The smallest absolute Gasteiger partial charge is 0.343 e. The van der Waals surface area contributed by atoms with Gasteiger partial charge in [-0.15, -0.1) is 0 Å². The number of ether oxygens (including phenoxy) is 3. The lowest BCUT2D eigenvalue weighted by atomic mass is 10.1. The first-order valence-corrected chi connectivity index (χ1v) is 10.7. The van der Waals surface area contributed by atoms with Crippen molar-refractivity contribution in [2.45, 2.75) is 6.92 Å². The van der Waals surface area contributed by atoms with E-state index in [9.17, 15) is 19.2 Å². The zero-order valence-electron chi connectivity index (χ0n) is 17.5. The van der Waals surface area contributed by atoms with E-state index in [1.54, 1.807) is 13.0 Å². The highest BCUT2D eigenvalue weighted by Gasteiger charge is 2.36. The Hall–Kier alpha value is -3.37. The molecule has 1 aliphatic heterocycles. The van der Waals surface area contributed by atoms with Gasteiger partial charge in [0.2, 0.25) is 0 Å². The Bertz CT molecular complexity index is 1150. The third-order valence-corrected chi connectivity index (χ3v) is 5.23. The van der Waals surface area contributed by atoms with Crippen LogP contribution in [0.3, 0.4) is 0 Å². The van der Waals surface area contributed by atoms with Crippen LogP contribution in [-0.2, 0) is 19.1 Å². The third-order valence-electron chi connectivity index (χ3n) is 4.39. The third kappa shape index (κ3) is 5.52. The summed E-state index contributed by atoms with van der Waals surface area (Å²) >= 11 is 9.23. The molecular formula is C22H18BrClN2O7. The Morgan fingerprint density at radius 1 is 1.15 bits per heavy atom. The Morgan fingerprint density at radius 3 is 2.48 bits per heavy atom. The minimum Gasteiger partial charge on any atom is -0.490 e. The molecule has 0 bridgehead atoms. The van der Waals surface area contributed by atoms with Gasteiger partial charge in [0.15, 0.2) is 18.1 Å². The summed E-state index contributed by atoms with van der Waals surface area (Å²) in [7, 11) is 1.24. The number of carbonyl (C=O) groups is 4. The van der Waals surface area contributed by atoms with E-state index >= 15 is 0 Å². The number of nitrogens with one attached hydrogen (secondary N) is 1. The molecule has 1 fully saturated rings. The van der Waals surface area contributed by atoms with E-state index in [1.165, 1.54) is 43.5 Å². The van der Waals surface area contributed by atoms with Crippen LogP contribution in [-0.4, -0.2) is 44.1 Å². The number of methoxy groups -OCH3 is 1. The highest BCUT2D eigenvalue weighted by Crippen LogP contribution is 2.38. The van der Waals surface area contributed by atoms with Crippen molar-refractivity contribution >= 4 is 63.1 Å². The van der Waals surface area contributed by atoms with Gasteiger partial charge in [-0.2, -0.15) is 0 Å². The largest absolute Gasteiger partial charge is 0.490 e. The van der Waals surface area contributed by atoms with E-state index in [1.807, 2.05) is 0 Å². The zero-order chi connectivity index (χ0) is 24.1. The Morgan fingerprint density at radius 2 is 1.85 bits per heavy atom. The standard InChI is InChI=1S/C22H18BrClN2O7/c1-3-32-17-10-12(9-16(23)19(17)33-11-18(27)31-2)8-15-20(28)25-22(30)26(21(15)29)14-6-4-13(24)5-7-14/h4-10H,3,11H2,1-2H3,(H,25,28,30)/b15-8+. The molecular weight excluding hydrogens is 520 g/mol. The lowest BCUT2D eigenvalue weighted by Crippen LogP contribution is -2.54. The molecule has 11 heteroatoms. The minimum atomic E-state index is -0.868. The van der Waals surface area contributed by atoms with Gasteiger partial charge >= 0.3 is 12.0 Å². The monoisotopic (exact) mass is 536 g/mol. The molecule has 0 aromatic heterocycles. The number of anilines is 1. The molecule has 2 aromatic rings. The van der Waals surface area contributed by atoms with Crippen molar-refractivity contribution in [1.82, 2.24) is 5.32 Å². The number of halogens is 2. The number of nitrogens with zero attached hydrogens (tertiary/aromatic N) is 1. The van der Waals surface area contributed by atoms with E-state index in [0.29, 0.717) is 21.7 Å². The summed E-state index contributed by atoms with van der Waals surface area (Å²) in [6.45, 7) is 1.71. The summed E-state index contributed by atoms with van der Waals surface area (Å²) in [5.41, 5.74) is 0.407. The van der Waals surface area contributed by atoms with Gasteiger partial charge in [-0.05, 0) is 70.9 Å². The van der Waals surface area contributed by atoms with Crippen molar-refractivity contribution in [3.05, 3.63) is 57.0 Å². The first-order chi connectivity index (χ1) is 15.7. The molecule has 33 heavy (non-hydrogen) atoms. The minimum absolute atomic E-state index is 0.252. The topological polar surface area (TPSA) is 111 Å². The van der Waals surface area contributed by atoms with Gasteiger partial charge in [0.1, 0.15) is 5.57 Å². The molecule has 0 unspecified atom stereocenters. The number of carbonyl (C=O) groups excluding carboxylic acids is 4. The molecule has 1 N–H and O–H groups in total. The molecule has 3 rings (SSSR count). The van der Waals surface area contributed by atoms with Crippen LogP contribution in [0.4, 0.5) is 10.5 Å². The number of barbiturate groups is 1. The molecule has 0 radical (unpaired) electrons. The van der Waals surface area contributed by atoms with Crippen molar-refractivity contribution in [2.75, 3.05) is 25.2 Å². The number of rotatable bonds is 7. The second-order valence-electron chi connectivity index (χ2n) is 6.56. The number of hydrogen-bond acceptors (Lipinski definition) is 7. The second-order valence-corrected chi connectivity index (χ2v) is 7.85. The lowest BCUT2D eigenvalue weighted by molar-refractivity contribution is -0.143. The summed E-state index contributed by atoms with van der Waals surface area (Å²) in [5, 5.41) is 2.58. The average molecular weight is 538 g/mol. The van der Waals surface area contributed by atoms with E-state index in [-0.39, 0.29) is 29.4 Å². The fraction of sp³-hybridized carbons (Fsp3) is 0.182. The normalized spacial score (nSPS) is 14.8. The molecule has 1 heterocycles. The van der Waals surface area contributed by atoms with Crippen LogP contribution in [0.2, 0.25) is 5.02 Å². The van der Waals surface area contributed by atoms with Crippen molar-refractivity contribution in [3.63, 3.8) is 0 Å². The molecule has 0 spiro atoms. The average Bonchev–Trinajstić information content (AvgIpc) is 2.77. The van der Waals surface area contributed by atoms with Gasteiger partial charge in [-0.3, -0.25) is 14.9 Å². The molecule has 0 saturated carbocycles. The number of hydrogen-bond donors (Lipinski definition) is 1. The second kappa shape index (κ2) is 10.5. The van der Waals surface area contributed by atoms with E-state index < -0.39 is 23.8 Å². The first kappa shape index (κ1) is 24.3. The molecule has 9 nitrogen and oxygen atoms in total. The maximum atomic E-state index is 13.0. The maximum Gasteiger partial charge on any atom is 0.343 e.